The first-order chi connectivity index (χ1) is 5.74. The number of hydrogen-bond acceptors (Lipinski definition) is 6. The van der Waals surface area contributed by atoms with E-state index in [0.717, 1.165) is 19.3 Å². The van der Waals surface area contributed by atoms with Crippen LogP contribution in [0.1, 0.15) is 32.6 Å². The molecule has 68 valence electrons. The highest BCUT2D eigenvalue weighted by molar-refractivity contribution is 4.75. The SMILES string of the molecule is CCCCCC(N=N)(N=N)N=N. The second kappa shape index (κ2) is 5.45. The summed E-state index contributed by atoms with van der Waals surface area (Å²) in [6, 6.07) is 0. The van der Waals surface area contributed by atoms with Crippen LogP contribution in [0.4, 0.5) is 0 Å². The third-order valence-corrected chi connectivity index (χ3v) is 1.65. The highest BCUT2D eigenvalue weighted by Gasteiger charge is 2.27. The molecule has 0 amide bonds. The van der Waals surface area contributed by atoms with Crippen molar-refractivity contribution in [2.24, 2.45) is 15.3 Å². The van der Waals surface area contributed by atoms with Crippen LogP contribution in [0.15, 0.2) is 15.3 Å². The molecule has 0 bridgehead atoms. The van der Waals surface area contributed by atoms with Gasteiger partial charge in [0.25, 0.3) is 5.79 Å². The van der Waals surface area contributed by atoms with Crippen molar-refractivity contribution in [2.75, 3.05) is 0 Å². The molecule has 0 aliphatic rings. The van der Waals surface area contributed by atoms with Gasteiger partial charge in [-0.3, -0.25) is 0 Å². The van der Waals surface area contributed by atoms with Crippen LogP contribution < -0.4 is 0 Å². The van der Waals surface area contributed by atoms with Gasteiger partial charge in [0.15, 0.2) is 0 Å². The quantitative estimate of drug-likeness (QED) is 0.385. The topological polar surface area (TPSA) is 109 Å². The lowest BCUT2D eigenvalue weighted by Gasteiger charge is -2.13. The second-order valence-corrected chi connectivity index (χ2v) is 2.57. The molecule has 0 heterocycles. The van der Waals surface area contributed by atoms with E-state index in [1.54, 1.807) is 0 Å². The summed E-state index contributed by atoms with van der Waals surface area (Å²) in [7, 11) is 0. The number of hydrogen-bond donors (Lipinski definition) is 3. The summed E-state index contributed by atoms with van der Waals surface area (Å²) in [5, 5.41) is 9.21. The van der Waals surface area contributed by atoms with E-state index < -0.39 is 5.79 Å². The fraction of sp³-hybridized carbons (Fsp3) is 1.00. The molecule has 0 atom stereocenters. The predicted molar refractivity (Wildman–Crippen MR) is 42.3 cm³/mol. The van der Waals surface area contributed by atoms with Crippen molar-refractivity contribution in [3.8, 4) is 0 Å². The standard InChI is InChI=1S/C6H14N6/c1-2-3-4-5-6(10-7,11-8)12-9/h7-9H,2-5H2,1H3. The van der Waals surface area contributed by atoms with E-state index in [2.05, 4.69) is 22.3 Å². The molecule has 0 unspecified atom stereocenters. The Morgan fingerprint density at radius 3 is 1.83 bits per heavy atom. The van der Waals surface area contributed by atoms with Gasteiger partial charge in [0.05, 0.1) is 0 Å². The van der Waals surface area contributed by atoms with Crippen molar-refractivity contribution in [1.82, 2.24) is 0 Å². The molecule has 0 aromatic rings. The minimum Gasteiger partial charge on any atom is -0.205 e. The molecule has 0 aromatic carbocycles. The average Bonchev–Trinajstić information content (AvgIpc) is 2.14. The fourth-order valence-electron chi connectivity index (χ4n) is 0.855. The van der Waals surface area contributed by atoms with Crippen molar-refractivity contribution < 1.29 is 0 Å². The summed E-state index contributed by atoms with van der Waals surface area (Å²) in [6.45, 7) is 2.05. The number of rotatable bonds is 7. The smallest absolute Gasteiger partial charge is 0.205 e. The zero-order valence-electron chi connectivity index (χ0n) is 7.17. The molecule has 3 N–H and O–H groups in total. The van der Waals surface area contributed by atoms with Gasteiger partial charge in [0.2, 0.25) is 0 Å². The summed E-state index contributed by atoms with van der Waals surface area (Å²) >= 11 is 0. The summed E-state index contributed by atoms with van der Waals surface area (Å²) in [6.07, 6.45) is 3.22. The molecular formula is C6H14N6. The van der Waals surface area contributed by atoms with Crippen LogP contribution in [0.5, 0.6) is 0 Å². The van der Waals surface area contributed by atoms with Gasteiger partial charge < -0.3 is 0 Å². The van der Waals surface area contributed by atoms with E-state index in [-0.39, 0.29) is 0 Å². The molecular weight excluding hydrogens is 156 g/mol. The van der Waals surface area contributed by atoms with Gasteiger partial charge in [0.1, 0.15) is 0 Å². The van der Waals surface area contributed by atoms with Crippen LogP contribution in [0, 0.1) is 16.6 Å². The van der Waals surface area contributed by atoms with Crippen LogP contribution in [0.3, 0.4) is 0 Å². The van der Waals surface area contributed by atoms with Crippen molar-refractivity contribution in [3.63, 3.8) is 0 Å². The van der Waals surface area contributed by atoms with Gasteiger partial charge in [-0.15, -0.1) is 15.3 Å². The van der Waals surface area contributed by atoms with Crippen LogP contribution in [-0.2, 0) is 0 Å². The normalized spacial score (nSPS) is 14.8. The molecule has 0 aliphatic carbocycles. The lowest BCUT2D eigenvalue weighted by molar-refractivity contribution is 0.341. The van der Waals surface area contributed by atoms with Crippen molar-refractivity contribution in [2.45, 2.75) is 38.4 Å². The zero-order valence-corrected chi connectivity index (χ0v) is 7.17. The van der Waals surface area contributed by atoms with Crippen molar-refractivity contribution >= 4 is 0 Å². The monoisotopic (exact) mass is 170 g/mol. The maximum absolute atomic E-state index is 6.74. The lowest BCUT2D eigenvalue weighted by atomic mass is 10.1. The first-order valence-electron chi connectivity index (χ1n) is 3.90. The summed E-state index contributed by atoms with van der Waals surface area (Å²) in [5.74, 6) is -1.45. The van der Waals surface area contributed by atoms with Crippen LogP contribution in [0.2, 0.25) is 0 Å². The first-order valence-corrected chi connectivity index (χ1v) is 3.90. The Morgan fingerprint density at radius 2 is 1.50 bits per heavy atom. The van der Waals surface area contributed by atoms with Gasteiger partial charge in [-0.1, -0.05) is 19.8 Å². The molecule has 6 nitrogen and oxygen atoms in total. The van der Waals surface area contributed by atoms with E-state index in [1.807, 2.05) is 0 Å². The Bertz CT molecular complexity index is 144. The van der Waals surface area contributed by atoms with Gasteiger partial charge in [-0.05, 0) is 6.42 Å². The summed E-state index contributed by atoms with van der Waals surface area (Å²) in [5.41, 5.74) is 20.2. The van der Waals surface area contributed by atoms with Crippen LogP contribution in [0.25, 0.3) is 0 Å². The highest BCUT2D eigenvalue weighted by atomic mass is 15.4. The average molecular weight is 170 g/mol. The molecule has 12 heavy (non-hydrogen) atoms. The zero-order chi connectivity index (χ0) is 9.45. The van der Waals surface area contributed by atoms with Crippen molar-refractivity contribution in [1.29, 1.82) is 16.6 Å². The minimum atomic E-state index is -1.45. The highest BCUT2D eigenvalue weighted by Crippen LogP contribution is 2.22. The number of nitrogens with zero attached hydrogens (tertiary/aromatic N) is 3. The van der Waals surface area contributed by atoms with E-state index in [1.165, 1.54) is 0 Å². The third-order valence-electron chi connectivity index (χ3n) is 1.65. The number of nitrogens with one attached hydrogen (secondary N) is 3. The van der Waals surface area contributed by atoms with E-state index >= 15 is 0 Å². The first kappa shape index (κ1) is 10.8. The molecule has 0 radical (unpaired) electrons. The maximum atomic E-state index is 6.74. The minimum absolute atomic E-state index is 0.386. The fourth-order valence-corrected chi connectivity index (χ4v) is 0.855. The lowest BCUT2D eigenvalue weighted by Crippen LogP contribution is -2.18. The number of unbranched alkanes of at least 4 members (excludes halogenated alkanes) is 2. The molecule has 0 fully saturated rings. The third kappa shape index (κ3) is 2.81. The Kier molecular flexibility index (Phi) is 4.91. The van der Waals surface area contributed by atoms with E-state index in [9.17, 15) is 0 Å². The van der Waals surface area contributed by atoms with Crippen LogP contribution in [-0.4, -0.2) is 5.79 Å². The molecule has 0 rings (SSSR count). The Labute approximate surface area is 71.3 Å². The largest absolute Gasteiger partial charge is 0.297 e. The molecule has 0 saturated carbocycles. The van der Waals surface area contributed by atoms with Gasteiger partial charge >= 0.3 is 0 Å². The Hall–Kier alpha value is -1.20. The predicted octanol–water partition coefficient (Wildman–Crippen LogP) is 3.31. The van der Waals surface area contributed by atoms with E-state index in [0.29, 0.717) is 6.42 Å². The van der Waals surface area contributed by atoms with Crippen LogP contribution >= 0.6 is 0 Å². The molecule has 0 saturated heterocycles. The molecule has 6 heteroatoms. The van der Waals surface area contributed by atoms with Gasteiger partial charge in [0, 0.05) is 6.42 Å². The summed E-state index contributed by atoms with van der Waals surface area (Å²) in [4.78, 5) is 0. The van der Waals surface area contributed by atoms with Gasteiger partial charge in [-0.2, -0.15) is 0 Å². The van der Waals surface area contributed by atoms with Gasteiger partial charge in [-0.25, -0.2) is 16.6 Å². The molecule has 0 aromatic heterocycles. The van der Waals surface area contributed by atoms with Crippen molar-refractivity contribution in [3.05, 3.63) is 0 Å². The molecule has 0 spiro atoms. The molecule has 0 aliphatic heterocycles. The maximum Gasteiger partial charge on any atom is 0.297 e. The van der Waals surface area contributed by atoms with E-state index in [4.69, 9.17) is 16.6 Å². The Balaban J connectivity index is 4.02. The summed E-state index contributed by atoms with van der Waals surface area (Å²) < 4.78 is 0. The second-order valence-electron chi connectivity index (χ2n) is 2.57. The Morgan fingerprint density at radius 1 is 1.00 bits per heavy atom.